The van der Waals surface area contributed by atoms with E-state index in [0.717, 1.165) is 29.6 Å². The minimum atomic E-state index is -0.753. The highest BCUT2D eigenvalue weighted by Crippen LogP contribution is 2.34. The highest BCUT2D eigenvalue weighted by molar-refractivity contribution is 5.95. The van der Waals surface area contributed by atoms with Crippen LogP contribution in [0.4, 0.5) is 0 Å². The third-order valence-electron chi connectivity index (χ3n) is 8.23. The van der Waals surface area contributed by atoms with E-state index in [9.17, 15) is 20.0 Å². The van der Waals surface area contributed by atoms with Crippen molar-refractivity contribution in [3.8, 4) is 6.07 Å². The van der Waals surface area contributed by atoms with Crippen LogP contribution in [0.1, 0.15) is 67.1 Å². The first-order chi connectivity index (χ1) is 17.8. The molecule has 1 saturated carbocycles. The average molecular weight is 500 g/mol. The number of aliphatic hydroxyl groups is 1. The largest absolute Gasteiger partial charge is 0.391 e. The highest BCUT2D eigenvalue weighted by atomic mass is 16.3. The zero-order valence-corrected chi connectivity index (χ0v) is 21.2. The lowest BCUT2D eigenvalue weighted by Gasteiger charge is -2.39. The summed E-state index contributed by atoms with van der Waals surface area (Å²) in [6.07, 6.45) is 7.26. The number of nitrogens with one attached hydrogen (secondary N) is 1. The Hall–Kier alpha value is -3.54. The Bertz CT molecular complexity index is 1390. The van der Waals surface area contributed by atoms with E-state index in [1.165, 1.54) is 4.40 Å². The lowest BCUT2D eigenvalue weighted by atomic mass is 9.76. The molecule has 2 N–H and O–H groups in total. The van der Waals surface area contributed by atoms with Crippen LogP contribution in [0.5, 0.6) is 0 Å². The molecule has 2 atom stereocenters. The Morgan fingerprint density at radius 2 is 1.97 bits per heavy atom. The van der Waals surface area contributed by atoms with Crippen LogP contribution in [-0.2, 0) is 12.0 Å². The van der Waals surface area contributed by atoms with Gasteiger partial charge in [-0.1, -0.05) is 25.0 Å². The van der Waals surface area contributed by atoms with Gasteiger partial charge in [0.1, 0.15) is 11.0 Å². The summed E-state index contributed by atoms with van der Waals surface area (Å²) in [5, 5.41) is 23.5. The highest BCUT2D eigenvalue weighted by Gasteiger charge is 2.39. The topological polar surface area (TPSA) is 111 Å². The second-order valence-corrected chi connectivity index (χ2v) is 10.7. The molecule has 0 aromatic carbocycles. The number of aromatic nitrogens is 2. The number of likely N-dealkylation sites (tertiary alicyclic amines) is 1. The number of rotatable bonds is 5. The molecular formula is C29H33N5O3. The van der Waals surface area contributed by atoms with Gasteiger partial charge in [0.05, 0.1) is 28.9 Å². The standard InChI is InChI=1S/C29H33N5O3/c1-28(11-5-2-10-25(28)35)32-26(36)22-18-21(23-8-4-7-15-34(23)27(22)37)19-33-16-12-29(20-30,13-17-33)24-9-3-6-14-31-24/h3-4,6-9,14-15,18,25,35H,2,5,10-13,16-17,19H2,1H3,(H,32,36)/t25-,28-/m1/s1. The van der Waals surface area contributed by atoms with E-state index in [-0.39, 0.29) is 11.1 Å². The van der Waals surface area contributed by atoms with Gasteiger partial charge in [-0.3, -0.25) is 23.9 Å². The smallest absolute Gasteiger partial charge is 0.267 e. The molecule has 2 aliphatic rings. The Kier molecular flexibility index (Phi) is 6.84. The van der Waals surface area contributed by atoms with Crippen molar-refractivity contribution in [2.45, 2.75) is 69.1 Å². The minimum Gasteiger partial charge on any atom is -0.391 e. The number of nitrogens with zero attached hydrogens (tertiary/aromatic N) is 4. The number of carbonyl (C=O) groups is 1. The van der Waals surface area contributed by atoms with Gasteiger partial charge in [-0.2, -0.15) is 5.26 Å². The summed E-state index contributed by atoms with van der Waals surface area (Å²) in [6.45, 7) is 3.81. The van der Waals surface area contributed by atoms with Crippen molar-refractivity contribution in [1.82, 2.24) is 19.6 Å². The monoisotopic (exact) mass is 499 g/mol. The summed E-state index contributed by atoms with van der Waals surface area (Å²) in [7, 11) is 0. The van der Waals surface area contributed by atoms with Gasteiger partial charge in [0.25, 0.3) is 11.5 Å². The molecule has 37 heavy (non-hydrogen) atoms. The van der Waals surface area contributed by atoms with Crippen molar-refractivity contribution in [3.05, 3.63) is 82.0 Å². The van der Waals surface area contributed by atoms with E-state index < -0.39 is 23.0 Å². The fourth-order valence-corrected chi connectivity index (χ4v) is 5.80. The van der Waals surface area contributed by atoms with Gasteiger partial charge >= 0.3 is 0 Å². The molecule has 0 bridgehead atoms. The maximum atomic E-state index is 13.4. The molecule has 5 rings (SSSR count). The second kappa shape index (κ2) is 10.1. The molecule has 3 aromatic rings. The van der Waals surface area contributed by atoms with Crippen LogP contribution in [-0.4, -0.2) is 50.0 Å². The summed E-state index contributed by atoms with van der Waals surface area (Å²) in [5.41, 5.74) is 0.798. The van der Waals surface area contributed by atoms with E-state index in [1.807, 2.05) is 37.3 Å². The van der Waals surface area contributed by atoms with E-state index in [0.29, 0.717) is 45.3 Å². The average Bonchev–Trinajstić information content (AvgIpc) is 2.93. The summed E-state index contributed by atoms with van der Waals surface area (Å²) < 4.78 is 1.53. The fourth-order valence-electron chi connectivity index (χ4n) is 5.80. The summed E-state index contributed by atoms with van der Waals surface area (Å²) in [6, 6.07) is 15.5. The zero-order chi connectivity index (χ0) is 26.0. The van der Waals surface area contributed by atoms with E-state index >= 15 is 0 Å². The van der Waals surface area contributed by atoms with E-state index in [2.05, 4.69) is 21.3 Å². The van der Waals surface area contributed by atoms with Crippen molar-refractivity contribution >= 4 is 11.4 Å². The number of piperidine rings is 1. The minimum absolute atomic E-state index is 0.0783. The number of hydrogen-bond donors (Lipinski definition) is 2. The van der Waals surface area contributed by atoms with Crippen molar-refractivity contribution < 1.29 is 9.90 Å². The Balaban J connectivity index is 1.41. The SMILES string of the molecule is C[C@@]1(NC(=O)c2cc(CN3CCC(C#N)(c4ccccn4)CC3)c3ccccn3c2=O)CCCC[C@H]1O. The molecule has 0 spiro atoms. The number of fused-ring (bicyclic) bond motifs is 1. The molecule has 4 heterocycles. The molecule has 1 amide bonds. The summed E-state index contributed by atoms with van der Waals surface area (Å²) in [4.78, 5) is 33.4. The van der Waals surface area contributed by atoms with Crippen LogP contribution >= 0.6 is 0 Å². The third kappa shape index (κ3) is 4.77. The van der Waals surface area contributed by atoms with Crippen LogP contribution in [0.25, 0.3) is 5.52 Å². The first kappa shape index (κ1) is 25.1. The van der Waals surface area contributed by atoms with Crippen LogP contribution in [0.2, 0.25) is 0 Å². The number of aliphatic hydroxyl groups excluding tert-OH is 1. The number of carbonyl (C=O) groups excluding carboxylic acids is 1. The quantitative estimate of drug-likeness (QED) is 0.558. The van der Waals surface area contributed by atoms with Crippen molar-refractivity contribution in [3.63, 3.8) is 0 Å². The first-order valence-electron chi connectivity index (χ1n) is 13.0. The Labute approximate surface area is 216 Å². The molecule has 0 radical (unpaired) electrons. The predicted molar refractivity (Wildman–Crippen MR) is 140 cm³/mol. The van der Waals surface area contributed by atoms with Gasteiger partial charge in [0.15, 0.2) is 0 Å². The maximum Gasteiger partial charge on any atom is 0.267 e. The molecule has 8 nitrogen and oxygen atoms in total. The molecule has 3 aromatic heterocycles. The second-order valence-electron chi connectivity index (χ2n) is 10.7. The van der Waals surface area contributed by atoms with Gasteiger partial charge < -0.3 is 10.4 Å². The Morgan fingerprint density at radius 3 is 2.68 bits per heavy atom. The van der Waals surface area contributed by atoms with Gasteiger partial charge in [-0.05, 0) is 68.5 Å². The number of hydrogen-bond acceptors (Lipinski definition) is 6. The van der Waals surface area contributed by atoms with Gasteiger partial charge in [-0.15, -0.1) is 0 Å². The molecule has 8 heteroatoms. The lowest BCUT2D eigenvalue weighted by Crippen LogP contribution is -2.56. The van der Waals surface area contributed by atoms with Crippen molar-refractivity contribution in [1.29, 1.82) is 5.26 Å². The van der Waals surface area contributed by atoms with Crippen LogP contribution < -0.4 is 10.9 Å². The molecule has 1 aliphatic carbocycles. The maximum absolute atomic E-state index is 13.4. The molecule has 1 aliphatic heterocycles. The number of amides is 1. The van der Waals surface area contributed by atoms with Crippen molar-refractivity contribution in [2.24, 2.45) is 0 Å². The summed E-state index contributed by atoms with van der Waals surface area (Å²) in [5.74, 6) is -0.453. The zero-order valence-electron chi connectivity index (χ0n) is 21.2. The van der Waals surface area contributed by atoms with Gasteiger partial charge in [0.2, 0.25) is 0 Å². The third-order valence-corrected chi connectivity index (χ3v) is 8.23. The lowest BCUT2D eigenvalue weighted by molar-refractivity contribution is 0.0312. The first-order valence-corrected chi connectivity index (χ1v) is 13.0. The normalized spacial score (nSPS) is 23.9. The van der Waals surface area contributed by atoms with Crippen LogP contribution in [0, 0.1) is 11.3 Å². The molecular weight excluding hydrogens is 466 g/mol. The van der Waals surface area contributed by atoms with E-state index in [1.54, 1.807) is 24.5 Å². The molecule has 192 valence electrons. The summed E-state index contributed by atoms with van der Waals surface area (Å²) >= 11 is 0. The van der Waals surface area contributed by atoms with Gasteiger partial charge in [-0.25, -0.2) is 0 Å². The van der Waals surface area contributed by atoms with Crippen LogP contribution in [0.15, 0.2) is 59.7 Å². The fraction of sp³-hybridized carbons (Fsp3) is 0.448. The van der Waals surface area contributed by atoms with Crippen molar-refractivity contribution in [2.75, 3.05) is 13.1 Å². The predicted octanol–water partition coefficient (Wildman–Crippen LogP) is 3.18. The van der Waals surface area contributed by atoms with E-state index in [4.69, 9.17) is 0 Å². The molecule has 0 unspecified atom stereocenters. The Morgan fingerprint density at radius 1 is 1.19 bits per heavy atom. The molecule has 1 saturated heterocycles. The van der Waals surface area contributed by atoms with Gasteiger partial charge in [0, 0.05) is 32.0 Å². The van der Waals surface area contributed by atoms with Crippen LogP contribution in [0.3, 0.4) is 0 Å². The number of pyridine rings is 3. The molecule has 2 fully saturated rings. The number of nitriles is 1.